The Labute approximate surface area is 179 Å². The van der Waals surface area contributed by atoms with E-state index in [0.29, 0.717) is 11.5 Å². The van der Waals surface area contributed by atoms with Crippen LogP contribution < -0.4 is 19.1 Å². The fraction of sp³-hybridized carbons (Fsp3) is 0.409. The molecule has 164 valence electrons. The van der Waals surface area contributed by atoms with Crippen molar-refractivity contribution in [3.05, 3.63) is 53.1 Å². The molecule has 1 N–H and O–H groups in total. The van der Waals surface area contributed by atoms with Crippen LogP contribution in [0.2, 0.25) is 0 Å². The first-order chi connectivity index (χ1) is 14.0. The van der Waals surface area contributed by atoms with Crippen LogP contribution in [0.15, 0.2) is 36.4 Å². The molecular formula is C22H30N2O5S. The van der Waals surface area contributed by atoms with Gasteiger partial charge in [0.15, 0.2) is 0 Å². The lowest BCUT2D eigenvalue weighted by atomic mass is 10.00. The molecule has 2 rings (SSSR count). The fourth-order valence-corrected chi connectivity index (χ4v) is 4.56. The summed E-state index contributed by atoms with van der Waals surface area (Å²) in [5.74, 6) is 0.359. The van der Waals surface area contributed by atoms with Crippen molar-refractivity contribution in [2.24, 2.45) is 0 Å². The number of carbonyl (C=O) groups excluding carboxylic acids is 1. The predicted octanol–water partition coefficient (Wildman–Crippen LogP) is 3.35. The fourth-order valence-electron chi connectivity index (χ4n) is 3.39. The maximum absolute atomic E-state index is 13.0. The molecule has 1 amide bonds. The lowest BCUT2D eigenvalue weighted by molar-refractivity contribution is -0.122. The van der Waals surface area contributed by atoms with Gasteiger partial charge in [-0.2, -0.15) is 0 Å². The Hall–Kier alpha value is -2.74. The molecule has 0 heterocycles. The van der Waals surface area contributed by atoms with Crippen LogP contribution in [-0.4, -0.2) is 40.8 Å². The monoisotopic (exact) mass is 434 g/mol. The Bertz CT molecular complexity index is 1020. The van der Waals surface area contributed by atoms with E-state index in [1.165, 1.54) is 20.3 Å². The maximum Gasteiger partial charge on any atom is 0.244 e. The van der Waals surface area contributed by atoms with Crippen molar-refractivity contribution in [3.63, 3.8) is 0 Å². The Morgan fingerprint density at radius 1 is 1.03 bits per heavy atom. The van der Waals surface area contributed by atoms with Crippen LogP contribution in [0, 0.1) is 13.8 Å². The summed E-state index contributed by atoms with van der Waals surface area (Å²) < 4.78 is 36.9. The smallest absolute Gasteiger partial charge is 0.244 e. The minimum Gasteiger partial charge on any atom is -0.497 e. The number of sulfonamides is 1. The zero-order valence-electron chi connectivity index (χ0n) is 18.5. The highest BCUT2D eigenvalue weighted by molar-refractivity contribution is 7.92. The minimum atomic E-state index is -3.80. The second kappa shape index (κ2) is 9.38. The summed E-state index contributed by atoms with van der Waals surface area (Å²) in [6.45, 7) is 7.39. The van der Waals surface area contributed by atoms with Gasteiger partial charge in [-0.05, 0) is 51.0 Å². The van der Waals surface area contributed by atoms with Crippen molar-refractivity contribution in [1.29, 1.82) is 0 Å². The average molecular weight is 435 g/mol. The molecule has 8 heteroatoms. The highest BCUT2D eigenvalue weighted by Crippen LogP contribution is 2.35. The number of aryl methyl sites for hydroxylation is 2. The van der Waals surface area contributed by atoms with E-state index in [4.69, 9.17) is 9.47 Å². The van der Waals surface area contributed by atoms with Crippen LogP contribution >= 0.6 is 0 Å². The van der Waals surface area contributed by atoms with Crippen LogP contribution in [0.1, 0.15) is 36.6 Å². The van der Waals surface area contributed by atoms with Gasteiger partial charge in [0.1, 0.15) is 17.5 Å². The van der Waals surface area contributed by atoms with Crippen LogP contribution in [0.25, 0.3) is 0 Å². The SMILES string of the molecule is COc1ccc(OC)c(N([C@@H](C)C(=O)N[C@H](C)c2cc(C)ccc2C)S(C)(=O)=O)c1. The third kappa shape index (κ3) is 5.24. The normalized spacial score (nSPS) is 13.3. The standard InChI is InChI=1S/C22H30N2O5S/c1-14-8-9-15(2)19(12-14)16(3)23-22(25)17(4)24(30(7,26)27)20-13-18(28-5)10-11-21(20)29-6/h8-13,16-17H,1-7H3,(H,23,25)/t16-,17+/m1/s1. The number of nitrogens with zero attached hydrogens (tertiary/aromatic N) is 1. The quantitative estimate of drug-likeness (QED) is 0.689. The van der Waals surface area contributed by atoms with Gasteiger partial charge >= 0.3 is 0 Å². The zero-order valence-corrected chi connectivity index (χ0v) is 19.3. The molecule has 0 fully saturated rings. The first kappa shape index (κ1) is 23.5. The topological polar surface area (TPSA) is 84.9 Å². The summed E-state index contributed by atoms with van der Waals surface area (Å²) in [7, 11) is -0.870. The summed E-state index contributed by atoms with van der Waals surface area (Å²) in [4.78, 5) is 13.0. The molecule has 2 aromatic rings. The molecule has 2 aromatic carbocycles. The number of carbonyl (C=O) groups is 1. The number of ether oxygens (including phenoxy) is 2. The van der Waals surface area contributed by atoms with Crippen LogP contribution in [-0.2, 0) is 14.8 Å². The molecule has 0 saturated heterocycles. The van der Waals surface area contributed by atoms with E-state index in [2.05, 4.69) is 5.32 Å². The van der Waals surface area contributed by atoms with Gasteiger partial charge in [-0.3, -0.25) is 9.10 Å². The van der Waals surface area contributed by atoms with E-state index in [-0.39, 0.29) is 11.7 Å². The van der Waals surface area contributed by atoms with Crippen LogP contribution in [0.5, 0.6) is 11.5 Å². The lowest BCUT2D eigenvalue weighted by Crippen LogP contribution is -2.48. The number of nitrogens with one attached hydrogen (secondary N) is 1. The number of benzene rings is 2. The minimum absolute atomic E-state index is 0.237. The first-order valence-electron chi connectivity index (χ1n) is 9.58. The third-order valence-electron chi connectivity index (χ3n) is 4.97. The van der Waals surface area contributed by atoms with Crippen molar-refractivity contribution >= 4 is 21.6 Å². The van der Waals surface area contributed by atoms with Gasteiger partial charge in [-0.1, -0.05) is 23.8 Å². The molecule has 0 aliphatic heterocycles. The van der Waals surface area contributed by atoms with Gasteiger partial charge in [-0.25, -0.2) is 8.42 Å². The van der Waals surface area contributed by atoms with E-state index in [1.807, 2.05) is 39.0 Å². The molecule has 0 aromatic heterocycles. The lowest BCUT2D eigenvalue weighted by Gasteiger charge is -2.30. The van der Waals surface area contributed by atoms with Gasteiger partial charge < -0.3 is 14.8 Å². The maximum atomic E-state index is 13.0. The molecule has 2 atom stereocenters. The number of methoxy groups -OCH3 is 2. The van der Waals surface area contributed by atoms with Crippen molar-refractivity contribution in [1.82, 2.24) is 5.32 Å². The van der Waals surface area contributed by atoms with Crippen molar-refractivity contribution in [2.75, 3.05) is 24.8 Å². The van der Waals surface area contributed by atoms with Crippen molar-refractivity contribution < 1.29 is 22.7 Å². The highest BCUT2D eigenvalue weighted by atomic mass is 32.2. The molecule has 0 aliphatic rings. The van der Waals surface area contributed by atoms with Gasteiger partial charge in [0.25, 0.3) is 0 Å². The molecular weight excluding hydrogens is 404 g/mol. The van der Waals surface area contributed by atoms with E-state index in [0.717, 1.165) is 27.3 Å². The van der Waals surface area contributed by atoms with Crippen LogP contribution in [0.4, 0.5) is 5.69 Å². The summed E-state index contributed by atoms with van der Waals surface area (Å²) in [5.41, 5.74) is 3.36. The first-order valence-corrected chi connectivity index (χ1v) is 11.4. The molecule has 0 spiro atoms. The second-order valence-electron chi connectivity index (χ2n) is 7.36. The Balaban J connectivity index is 2.40. The Morgan fingerprint density at radius 3 is 2.27 bits per heavy atom. The summed E-state index contributed by atoms with van der Waals surface area (Å²) in [6, 6.07) is 9.55. The van der Waals surface area contributed by atoms with Gasteiger partial charge in [-0.15, -0.1) is 0 Å². The molecule has 0 aliphatic carbocycles. The van der Waals surface area contributed by atoms with Gasteiger partial charge in [0.05, 0.1) is 32.2 Å². The number of anilines is 1. The molecule has 0 bridgehead atoms. The van der Waals surface area contributed by atoms with E-state index >= 15 is 0 Å². The van der Waals surface area contributed by atoms with Crippen molar-refractivity contribution in [2.45, 2.75) is 39.8 Å². The van der Waals surface area contributed by atoms with Gasteiger partial charge in [0.2, 0.25) is 15.9 Å². The molecule has 7 nitrogen and oxygen atoms in total. The molecule has 0 radical (unpaired) electrons. The number of hydrogen-bond donors (Lipinski definition) is 1. The number of rotatable bonds is 8. The van der Waals surface area contributed by atoms with Crippen molar-refractivity contribution in [3.8, 4) is 11.5 Å². The second-order valence-corrected chi connectivity index (χ2v) is 9.22. The number of amides is 1. The van der Waals surface area contributed by atoms with E-state index < -0.39 is 22.0 Å². The number of hydrogen-bond acceptors (Lipinski definition) is 5. The summed E-state index contributed by atoms with van der Waals surface area (Å²) in [6.07, 6.45) is 1.06. The Kier molecular flexibility index (Phi) is 7.36. The Morgan fingerprint density at radius 2 is 1.70 bits per heavy atom. The highest BCUT2D eigenvalue weighted by Gasteiger charge is 2.32. The largest absolute Gasteiger partial charge is 0.497 e. The summed E-state index contributed by atoms with van der Waals surface area (Å²) in [5, 5.41) is 2.94. The molecule has 30 heavy (non-hydrogen) atoms. The predicted molar refractivity (Wildman–Crippen MR) is 119 cm³/mol. The third-order valence-corrected chi connectivity index (χ3v) is 6.20. The van der Waals surface area contributed by atoms with E-state index in [9.17, 15) is 13.2 Å². The van der Waals surface area contributed by atoms with Gasteiger partial charge in [0, 0.05) is 6.07 Å². The van der Waals surface area contributed by atoms with E-state index in [1.54, 1.807) is 19.1 Å². The molecule has 0 saturated carbocycles. The van der Waals surface area contributed by atoms with Crippen LogP contribution in [0.3, 0.4) is 0 Å². The zero-order chi connectivity index (χ0) is 22.6. The molecule has 0 unspecified atom stereocenters. The summed E-state index contributed by atoms with van der Waals surface area (Å²) >= 11 is 0. The average Bonchev–Trinajstić information content (AvgIpc) is 2.68.